The number of benzene rings is 1. The average Bonchev–Trinajstić information content (AvgIpc) is 2.86. The van der Waals surface area contributed by atoms with Crippen LogP contribution in [0.2, 0.25) is 0 Å². The summed E-state index contributed by atoms with van der Waals surface area (Å²) in [7, 11) is 0. The molecule has 1 amide bonds. The topological polar surface area (TPSA) is 67.0 Å². The van der Waals surface area contributed by atoms with Crippen molar-refractivity contribution in [2.24, 2.45) is 0 Å². The number of para-hydroxylation sites is 1. The van der Waals surface area contributed by atoms with E-state index < -0.39 is 11.7 Å². The molecule has 0 aliphatic heterocycles. The van der Waals surface area contributed by atoms with Crippen LogP contribution in [-0.4, -0.2) is 22.7 Å². The van der Waals surface area contributed by atoms with Gasteiger partial charge in [0.2, 0.25) is 0 Å². The lowest BCUT2D eigenvalue weighted by Crippen LogP contribution is -2.20. The number of rotatable bonds is 5. The summed E-state index contributed by atoms with van der Waals surface area (Å²) < 4.78 is 18.4. The minimum atomic E-state index is -0.498. The Bertz CT molecular complexity index is 596. The molecule has 0 bridgehead atoms. The molecule has 0 aliphatic rings. The lowest BCUT2D eigenvalue weighted by molar-refractivity contribution is -0.118. The zero-order valence-electron chi connectivity index (χ0n) is 11.3. The van der Waals surface area contributed by atoms with Crippen molar-refractivity contribution in [2.45, 2.75) is 19.8 Å². The smallest absolute Gasteiger partial charge is 0.263 e. The number of halogens is 1. The van der Waals surface area contributed by atoms with Gasteiger partial charge in [0, 0.05) is 11.8 Å². The van der Waals surface area contributed by atoms with E-state index in [9.17, 15) is 9.18 Å². The van der Waals surface area contributed by atoms with Gasteiger partial charge in [-0.2, -0.15) is 5.10 Å². The number of carbonyl (C=O) groups excluding carboxylic acids is 1. The number of H-pyrrole nitrogens is 1. The molecule has 0 radical (unpaired) electrons. The Balaban J connectivity index is 1.88. The largest absolute Gasteiger partial charge is 0.481 e. The fraction of sp³-hybridized carbons (Fsp3) is 0.286. The van der Waals surface area contributed by atoms with Crippen molar-refractivity contribution >= 4 is 11.7 Å². The number of nitrogens with one attached hydrogen (secondary N) is 2. The summed E-state index contributed by atoms with van der Waals surface area (Å²) in [6, 6.07) is 7.69. The van der Waals surface area contributed by atoms with Crippen LogP contribution in [0, 0.1) is 5.82 Å². The van der Waals surface area contributed by atoms with Gasteiger partial charge >= 0.3 is 0 Å². The van der Waals surface area contributed by atoms with Gasteiger partial charge in [0.25, 0.3) is 5.91 Å². The van der Waals surface area contributed by atoms with Crippen LogP contribution >= 0.6 is 0 Å². The number of anilines is 1. The lowest BCUT2D eigenvalue weighted by Gasteiger charge is -2.06. The fourth-order valence-corrected chi connectivity index (χ4v) is 1.58. The maximum absolute atomic E-state index is 13.3. The van der Waals surface area contributed by atoms with Crippen molar-refractivity contribution in [3.63, 3.8) is 0 Å². The second kappa shape index (κ2) is 6.18. The molecular formula is C14H16FN3O2. The van der Waals surface area contributed by atoms with Gasteiger partial charge < -0.3 is 10.1 Å². The van der Waals surface area contributed by atoms with Crippen molar-refractivity contribution < 1.29 is 13.9 Å². The van der Waals surface area contributed by atoms with Crippen LogP contribution in [0.5, 0.6) is 5.75 Å². The third-order valence-electron chi connectivity index (χ3n) is 2.68. The summed E-state index contributed by atoms with van der Waals surface area (Å²) in [5.41, 5.74) is 0.926. The first kappa shape index (κ1) is 14.0. The molecule has 1 heterocycles. The summed E-state index contributed by atoms with van der Waals surface area (Å²) in [6.07, 6.45) is 0. The average molecular weight is 277 g/mol. The van der Waals surface area contributed by atoms with E-state index in [1.54, 1.807) is 18.2 Å². The Kier molecular flexibility index (Phi) is 4.34. The molecule has 0 aliphatic carbocycles. The molecule has 1 aromatic heterocycles. The number of aromatic amines is 1. The molecule has 2 N–H and O–H groups in total. The summed E-state index contributed by atoms with van der Waals surface area (Å²) in [4.78, 5) is 11.7. The maximum Gasteiger partial charge on any atom is 0.263 e. The highest BCUT2D eigenvalue weighted by molar-refractivity contribution is 5.90. The predicted octanol–water partition coefficient (Wildman–Crippen LogP) is 2.69. The Morgan fingerprint density at radius 2 is 2.20 bits per heavy atom. The number of nitrogens with zero attached hydrogens (tertiary/aromatic N) is 1. The number of ether oxygens (including phenoxy) is 1. The molecule has 106 valence electrons. The molecular weight excluding hydrogens is 261 g/mol. The molecule has 5 nitrogen and oxygen atoms in total. The van der Waals surface area contributed by atoms with E-state index >= 15 is 0 Å². The van der Waals surface area contributed by atoms with Crippen LogP contribution in [0.15, 0.2) is 30.3 Å². The van der Waals surface area contributed by atoms with E-state index in [0.29, 0.717) is 11.7 Å². The highest BCUT2D eigenvalue weighted by atomic mass is 19.1. The van der Waals surface area contributed by atoms with Crippen LogP contribution in [-0.2, 0) is 4.79 Å². The molecule has 0 saturated carbocycles. The van der Waals surface area contributed by atoms with E-state index in [1.807, 2.05) is 13.8 Å². The van der Waals surface area contributed by atoms with Crippen LogP contribution in [0.4, 0.5) is 10.2 Å². The van der Waals surface area contributed by atoms with Crippen LogP contribution < -0.4 is 10.1 Å². The minimum absolute atomic E-state index is 0.0487. The molecule has 1 aromatic carbocycles. The van der Waals surface area contributed by atoms with E-state index in [0.717, 1.165) is 5.69 Å². The third-order valence-corrected chi connectivity index (χ3v) is 2.68. The van der Waals surface area contributed by atoms with E-state index in [-0.39, 0.29) is 12.4 Å². The van der Waals surface area contributed by atoms with Crippen molar-refractivity contribution in [3.05, 3.63) is 41.8 Å². The van der Waals surface area contributed by atoms with Crippen molar-refractivity contribution in [1.29, 1.82) is 0 Å². The standard InChI is InChI=1S/C14H16FN3O2/c1-9(2)11-7-13(18-17-11)16-14(19)8-20-12-6-4-3-5-10(12)15/h3-7,9H,8H2,1-2H3,(H2,16,17,18,19). The van der Waals surface area contributed by atoms with Crippen LogP contribution in [0.3, 0.4) is 0 Å². The van der Waals surface area contributed by atoms with E-state index in [4.69, 9.17) is 4.74 Å². The van der Waals surface area contributed by atoms with E-state index in [2.05, 4.69) is 15.5 Å². The molecule has 6 heteroatoms. The Labute approximate surface area is 116 Å². The number of amides is 1. The Morgan fingerprint density at radius 3 is 2.85 bits per heavy atom. The Morgan fingerprint density at radius 1 is 1.45 bits per heavy atom. The van der Waals surface area contributed by atoms with Crippen molar-refractivity contribution in [3.8, 4) is 5.75 Å². The predicted molar refractivity (Wildman–Crippen MR) is 73.2 cm³/mol. The van der Waals surface area contributed by atoms with Gasteiger partial charge in [-0.05, 0) is 18.1 Å². The SMILES string of the molecule is CC(C)c1cc(NC(=O)COc2ccccc2F)n[nH]1. The molecule has 0 atom stereocenters. The zero-order valence-corrected chi connectivity index (χ0v) is 11.3. The summed E-state index contributed by atoms with van der Waals surface area (Å²) in [5, 5.41) is 9.37. The van der Waals surface area contributed by atoms with Crippen LogP contribution in [0.25, 0.3) is 0 Å². The van der Waals surface area contributed by atoms with E-state index in [1.165, 1.54) is 12.1 Å². The first-order valence-electron chi connectivity index (χ1n) is 6.28. The van der Waals surface area contributed by atoms with Crippen molar-refractivity contribution in [1.82, 2.24) is 10.2 Å². The molecule has 20 heavy (non-hydrogen) atoms. The summed E-state index contributed by atoms with van der Waals surface area (Å²) in [6.45, 7) is 3.76. The molecule has 2 aromatic rings. The molecule has 0 spiro atoms. The van der Waals surface area contributed by atoms with Crippen LogP contribution in [0.1, 0.15) is 25.5 Å². The van der Waals surface area contributed by atoms with Gasteiger partial charge in [0.15, 0.2) is 24.0 Å². The molecule has 0 unspecified atom stereocenters. The molecule has 2 rings (SSSR count). The maximum atomic E-state index is 13.3. The quantitative estimate of drug-likeness (QED) is 0.883. The van der Waals surface area contributed by atoms with Gasteiger partial charge in [-0.3, -0.25) is 9.89 Å². The highest BCUT2D eigenvalue weighted by Crippen LogP contribution is 2.16. The number of hydrogen-bond donors (Lipinski definition) is 2. The number of aromatic nitrogens is 2. The number of carbonyl (C=O) groups is 1. The fourth-order valence-electron chi connectivity index (χ4n) is 1.58. The Hall–Kier alpha value is -2.37. The lowest BCUT2D eigenvalue weighted by atomic mass is 10.1. The van der Waals surface area contributed by atoms with Crippen molar-refractivity contribution in [2.75, 3.05) is 11.9 Å². The normalized spacial score (nSPS) is 10.6. The highest BCUT2D eigenvalue weighted by Gasteiger charge is 2.09. The van der Waals surface area contributed by atoms with Gasteiger partial charge in [-0.1, -0.05) is 26.0 Å². The second-order valence-corrected chi connectivity index (χ2v) is 4.63. The molecule has 0 fully saturated rings. The van der Waals surface area contributed by atoms with Gasteiger partial charge in [0.05, 0.1) is 0 Å². The minimum Gasteiger partial charge on any atom is -0.481 e. The summed E-state index contributed by atoms with van der Waals surface area (Å²) in [5.74, 6) is -0.122. The molecule has 0 saturated heterocycles. The first-order valence-corrected chi connectivity index (χ1v) is 6.28. The zero-order chi connectivity index (χ0) is 14.5. The van der Waals surface area contributed by atoms with Gasteiger partial charge in [-0.25, -0.2) is 4.39 Å². The summed E-state index contributed by atoms with van der Waals surface area (Å²) >= 11 is 0. The number of hydrogen-bond acceptors (Lipinski definition) is 3. The van der Waals surface area contributed by atoms with Gasteiger partial charge in [0.1, 0.15) is 0 Å². The third kappa shape index (κ3) is 3.57. The first-order chi connectivity index (χ1) is 9.56. The second-order valence-electron chi connectivity index (χ2n) is 4.63. The van der Waals surface area contributed by atoms with Gasteiger partial charge in [-0.15, -0.1) is 0 Å². The monoisotopic (exact) mass is 277 g/mol.